The molecule has 3 rings (SSSR count). The Kier molecular flexibility index (Phi) is 7.13. The maximum absolute atomic E-state index is 12.5. The van der Waals surface area contributed by atoms with Gasteiger partial charge in [0.2, 0.25) is 0 Å². The Labute approximate surface area is 170 Å². The van der Waals surface area contributed by atoms with Gasteiger partial charge < -0.3 is 19.7 Å². The van der Waals surface area contributed by atoms with E-state index in [2.05, 4.69) is 30.6 Å². The van der Waals surface area contributed by atoms with Crippen LogP contribution in [0.2, 0.25) is 0 Å². The highest BCUT2D eigenvalue weighted by Gasteiger charge is 2.47. The van der Waals surface area contributed by atoms with Gasteiger partial charge >= 0.3 is 6.09 Å². The summed E-state index contributed by atoms with van der Waals surface area (Å²) in [7, 11) is 3.52. The number of amides is 1. The molecule has 1 amide bonds. The van der Waals surface area contributed by atoms with Gasteiger partial charge in [0.05, 0.1) is 25.2 Å². The van der Waals surface area contributed by atoms with E-state index in [-0.39, 0.29) is 24.2 Å². The van der Waals surface area contributed by atoms with Crippen molar-refractivity contribution < 1.29 is 14.3 Å². The summed E-state index contributed by atoms with van der Waals surface area (Å²) in [5.41, 5.74) is 0. The highest BCUT2D eigenvalue weighted by atomic mass is 16.5. The number of nitrogens with one attached hydrogen (secondary N) is 1. The highest BCUT2D eigenvalue weighted by molar-refractivity contribution is 5.68. The second kappa shape index (κ2) is 9.38. The Hall–Kier alpha value is -1.43. The molecule has 0 aromatic rings. The smallest absolute Gasteiger partial charge is 0.410 e. The first-order valence-electron chi connectivity index (χ1n) is 11.1. The molecule has 160 valence electrons. The monoisotopic (exact) mass is 393 g/mol. The van der Waals surface area contributed by atoms with Crippen molar-refractivity contribution in [2.45, 2.75) is 83.0 Å². The fraction of sp³-hybridized carbons (Fsp3) is 0.864. The van der Waals surface area contributed by atoms with E-state index in [1.165, 1.54) is 20.0 Å². The van der Waals surface area contributed by atoms with Gasteiger partial charge in [0, 0.05) is 6.54 Å². The van der Waals surface area contributed by atoms with Crippen LogP contribution in [-0.4, -0.2) is 67.4 Å². The molecule has 0 bridgehead atoms. The summed E-state index contributed by atoms with van der Waals surface area (Å²) in [4.78, 5) is 16.9. The van der Waals surface area contributed by atoms with E-state index in [1.807, 2.05) is 11.9 Å². The lowest BCUT2D eigenvalue weighted by Gasteiger charge is -2.55. The molecule has 0 radical (unpaired) electrons. The number of fused-ring (bicyclic) bond motifs is 1. The first kappa shape index (κ1) is 21.3. The molecule has 2 aliphatic carbocycles. The standard InChI is InChI=1S/C22H39N3O3/c1-6-17(13-23-4)18-10-11-20-21(12-18)24(16(3)28-19-8-7-9-19)14-15(2)25(20)22(26)27-5/h15,17-21,23H,3,6-14H2,1-2,4-5H3. The fourth-order valence-corrected chi connectivity index (χ4v) is 5.45. The van der Waals surface area contributed by atoms with Crippen molar-refractivity contribution in [2.75, 3.05) is 27.2 Å². The average Bonchev–Trinajstić information content (AvgIpc) is 2.67. The third-order valence-electron chi connectivity index (χ3n) is 7.23. The van der Waals surface area contributed by atoms with Gasteiger partial charge in [0.25, 0.3) is 0 Å². The number of rotatable bonds is 7. The molecule has 0 aromatic carbocycles. The summed E-state index contributed by atoms with van der Waals surface area (Å²) in [5, 5.41) is 3.37. The van der Waals surface area contributed by atoms with Crippen molar-refractivity contribution in [1.29, 1.82) is 0 Å². The topological polar surface area (TPSA) is 54.0 Å². The predicted octanol–water partition coefficient (Wildman–Crippen LogP) is 3.58. The zero-order chi connectivity index (χ0) is 20.3. The summed E-state index contributed by atoms with van der Waals surface area (Å²) >= 11 is 0. The predicted molar refractivity (Wildman–Crippen MR) is 111 cm³/mol. The van der Waals surface area contributed by atoms with Gasteiger partial charge in [-0.15, -0.1) is 0 Å². The third kappa shape index (κ3) is 4.27. The quantitative estimate of drug-likeness (QED) is 0.670. The van der Waals surface area contributed by atoms with E-state index < -0.39 is 0 Å². The molecule has 1 N–H and O–H groups in total. The summed E-state index contributed by atoms with van der Waals surface area (Å²) < 4.78 is 11.3. The van der Waals surface area contributed by atoms with Crippen LogP contribution in [0.5, 0.6) is 0 Å². The molecule has 1 aliphatic heterocycles. The van der Waals surface area contributed by atoms with Crippen LogP contribution in [0, 0.1) is 11.8 Å². The van der Waals surface area contributed by atoms with Crippen LogP contribution < -0.4 is 5.32 Å². The van der Waals surface area contributed by atoms with E-state index in [1.54, 1.807) is 0 Å². The number of piperazine rings is 1. The van der Waals surface area contributed by atoms with Gasteiger partial charge in [-0.3, -0.25) is 4.90 Å². The van der Waals surface area contributed by atoms with Crippen molar-refractivity contribution in [3.05, 3.63) is 12.5 Å². The van der Waals surface area contributed by atoms with Gasteiger partial charge in [0.1, 0.15) is 6.10 Å². The first-order valence-corrected chi connectivity index (χ1v) is 11.1. The van der Waals surface area contributed by atoms with Crippen LogP contribution in [-0.2, 0) is 9.47 Å². The van der Waals surface area contributed by atoms with Crippen LogP contribution in [0.25, 0.3) is 0 Å². The Balaban J connectivity index is 1.79. The molecule has 2 saturated carbocycles. The summed E-state index contributed by atoms with van der Waals surface area (Å²) in [6.45, 7) is 10.5. The summed E-state index contributed by atoms with van der Waals surface area (Å²) in [5.74, 6) is 2.13. The van der Waals surface area contributed by atoms with Crippen molar-refractivity contribution >= 4 is 6.09 Å². The second-order valence-corrected chi connectivity index (χ2v) is 8.88. The molecule has 5 atom stereocenters. The minimum absolute atomic E-state index is 0.0891. The molecule has 28 heavy (non-hydrogen) atoms. The van der Waals surface area contributed by atoms with Gasteiger partial charge in [-0.25, -0.2) is 4.79 Å². The molecule has 0 spiro atoms. The summed E-state index contributed by atoms with van der Waals surface area (Å²) in [6.07, 6.45) is 8.08. The zero-order valence-electron chi connectivity index (χ0n) is 18.2. The Morgan fingerprint density at radius 3 is 2.57 bits per heavy atom. The summed E-state index contributed by atoms with van der Waals surface area (Å²) in [6, 6.07) is 0.514. The minimum atomic E-state index is -0.201. The van der Waals surface area contributed by atoms with E-state index >= 15 is 0 Å². The number of carbonyl (C=O) groups excluding carboxylic acids is 1. The van der Waals surface area contributed by atoms with Gasteiger partial charge in [-0.2, -0.15) is 0 Å². The third-order valence-corrected chi connectivity index (χ3v) is 7.23. The van der Waals surface area contributed by atoms with Gasteiger partial charge in [0.15, 0.2) is 5.88 Å². The van der Waals surface area contributed by atoms with Crippen LogP contribution in [0.3, 0.4) is 0 Å². The number of hydrogen-bond donors (Lipinski definition) is 1. The number of ether oxygens (including phenoxy) is 2. The van der Waals surface area contributed by atoms with Crippen LogP contribution in [0.4, 0.5) is 4.79 Å². The average molecular weight is 394 g/mol. The molecule has 5 unspecified atom stereocenters. The normalized spacial score (nSPS) is 31.6. The van der Waals surface area contributed by atoms with Crippen LogP contribution in [0.1, 0.15) is 58.8 Å². The van der Waals surface area contributed by atoms with Crippen molar-refractivity contribution in [3.63, 3.8) is 0 Å². The van der Waals surface area contributed by atoms with Crippen LogP contribution in [0.15, 0.2) is 12.5 Å². The van der Waals surface area contributed by atoms with E-state index in [0.717, 1.165) is 51.1 Å². The van der Waals surface area contributed by atoms with Crippen molar-refractivity contribution in [3.8, 4) is 0 Å². The molecular formula is C22H39N3O3. The Morgan fingerprint density at radius 1 is 1.25 bits per heavy atom. The highest BCUT2D eigenvalue weighted by Crippen LogP contribution is 2.41. The van der Waals surface area contributed by atoms with E-state index in [0.29, 0.717) is 17.9 Å². The van der Waals surface area contributed by atoms with E-state index in [4.69, 9.17) is 9.47 Å². The second-order valence-electron chi connectivity index (χ2n) is 8.88. The zero-order valence-corrected chi connectivity index (χ0v) is 18.2. The number of methoxy groups -OCH3 is 1. The molecular weight excluding hydrogens is 354 g/mol. The lowest BCUT2D eigenvalue weighted by Crippen LogP contribution is -2.66. The Morgan fingerprint density at radius 2 is 2.00 bits per heavy atom. The molecule has 6 heteroatoms. The SMILES string of the molecule is C=C(OC1CCC1)N1CC(C)N(C(=O)OC)C2CCC(C(CC)CNC)CC21. The molecule has 3 aliphatic rings. The van der Waals surface area contributed by atoms with Crippen molar-refractivity contribution in [1.82, 2.24) is 15.1 Å². The molecule has 1 heterocycles. The lowest BCUT2D eigenvalue weighted by molar-refractivity contribution is -0.0745. The number of carbonyl (C=O) groups is 1. The lowest BCUT2D eigenvalue weighted by atomic mass is 9.72. The minimum Gasteiger partial charge on any atom is -0.476 e. The molecule has 6 nitrogen and oxygen atoms in total. The molecule has 3 fully saturated rings. The van der Waals surface area contributed by atoms with Gasteiger partial charge in [-0.05, 0) is 77.5 Å². The maximum atomic E-state index is 12.5. The molecule has 1 saturated heterocycles. The number of hydrogen-bond acceptors (Lipinski definition) is 5. The largest absolute Gasteiger partial charge is 0.476 e. The maximum Gasteiger partial charge on any atom is 0.410 e. The van der Waals surface area contributed by atoms with Crippen LogP contribution >= 0.6 is 0 Å². The fourth-order valence-electron chi connectivity index (χ4n) is 5.45. The van der Waals surface area contributed by atoms with Crippen molar-refractivity contribution in [2.24, 2.45) is 11.8 Å². The van der Waals surface area contributed by atoms with E-state index in [9.17, 15) is 4.79 Å². The Bertz CT molecular complexity index is 551. The van der Waals surface area contributed by atoms with Gasteiger partial charge in [-0.1, -0.05) is 13.3 Å². The molecule has 0 aromatic heterocycles. The number of nitrogens with zero attached hydrogens (tertiary/aromatic N) is 2. The first-order chi connectivity index (χ1) is 13.5.